The summed E-state index contributed by atoms with van der Waals surface area (Å²) in [5.41, 5.74) is 7.43. The molecule has 0 bridgehead atoms. The lowest BCUT2D eigenvalue weighted by Gasteiger charge is -2.03. The lowest BCUT2D eigenvalue weighted by atomic mass is 10.2. The molecule has 2 amide bonds. The van der Waals surface area contributed by atoms with Gasteiger partial charge in [0, 0.05) is 23.5 Å². The summed E-state index contributed by atoms with van der Waals surface area (Å²) in [4.78, 5) is 23.0. The number of hydrogen-bond donors (Lipinski definition) is 2. The average molecular weight is 272 g/mol. The maximum atomic E-state index is 12.0. The fraction of sp³-hybridized carbons (Fsp3) is 0.214. The number of hydrogen-bond acceptors (Lipinski definition) is 3. The highest BCUT2D eigenvalue weighted by Crippen LogP contribution is 2.11. The van der Waals surface area contributed by atoms with E-state index in [9.17, 15) is 9.59 Å². The minimum atomic E-state index is -0.500. The highest BCUT2D eigenvalue weighted by molar-refractivity contribution is 6.03. The minimum absolute atomic E-state index is 0.285. The van der Waals surface area contributed by atoms with Crippen LogP contribution in [0.25, 0.3) is 0 Å². The number of benzene rings is 1. The monoisotopic (exact) mass is 272 g/mol. The van der Waals surface area contributed by atoms with Crippen LogP contribution < -0.4 is 11.1 Å². The van der Waals surface area contributed by atoms with Crippen molar-refractivity contribution in [1.82, 2.24) is 9.78 Å². The summed E-state index contributed by atoms with van der Waals surface area (Å²) < 4.78 is 1.76. The summed E-state index contributed by atoms with van der Waals surface area (Å²) in [6.07, 6.45) is 0. The third kappa shape index (κ3) is 2.85. The van der Waals surface area contributed by atoms with Gasteiger partial charge in [-0.15, -0.1) is 0 Å². The van der Waals surface area contributed by atoms with Gasteiger partial charge in [0.2, 0.25) is 5.91 Å². The predicted molar refractivity (Wildman–Crippen MR) is 75.6 cm³/mol. The van der Waals surface area contributed by atoms with Crippen molar-refractivity contribution >= 4 is 17.5 Å². The Balaban J connectivity index is 2.12. The van der Waals surface area contributed by atoms with Crippen molar-refractivity contribution in [2.45, 2.75) is 20.4 Å². The molecule has 0 spiro atoms. The first-order chi connectivity index (χ1) is 9.51. The van der Waals surface area contributed by atoms with Crippen LogP contribution in [0.1, 0.15) is 33.5 Å². The predicted octanol–water partition coefficient (Wildman–Crippen LogP) is 1.56. The number of nitrogens with zero attached hydrogens (tertiary/aromatic N) is 2. The Morgan fingerprint density at radius 3 is 2.45 bits per heavy atom. The van der Waals surface area contributed by atoms with Crippen LogP contribution >= 0.6 is 0 Å². The Morgan fingerprint density at radius 2 is 1.95 bits per heavy atom. The first kappa shape index (κ1) is 13.8. The fourth-order valence-electron chi connectivity index (χ4n) is 1.85. The molecule has 1 heterocycles. The van der Waals surface area contributed by atoms with Gasteiger partial charge in [0.25, 0.3) is 5.91 Å². The molecule has 0 radical (unpaired) electrons. The van der Waals surface area contributed by atoms with E-state index in [2.05, 4.69) is 10.4 Å². The van der Waals surface area contributed by atoms with Crippen LogP contribution in [-0.2, 0) is 6.54 Å². The van der Waals surface area contributed by atoms with Crippen LogP contribution in [0.2, 0.25) is 0 Å². The summed E-state index contributed by atoms with van der Waals surface area (Å²) in [6.45, 7) is 4.57. The fourth-order valence-corrected chi connectivity index (χ4v) is 1.85. The first-order valence-corrected chi connectivity index (χ1v) is 6.27. The van der Waals surface area contributed by atoms with Crippen molar-refractivity contribution in [1.29, 1.82) is 0 Å². The van der Waals surface area contributed by atoms with Crippen molar-refractivity contribution in [3.63, 3.8) is 0 Å². The summed E-state index contributed by atoms with van der Waals surface area (Å²) in [6, 6.07) is 8.11. The van der Waals surface area contributed by atoms with Gasteiger partial charge in [0.05, 0.1) is 0 Å². The number of carbonyl (C=O) groups excluding carboxylic acids is 2. The summed E-state index contributed by atoms with van der Waals surface area (Å²) in [7, 11) is 0. The van der Waals surface area contributed by atoms with Gasteiger partial charge >= 0.3 is 0 Å². The third-order valence-corrected chi connectivity index (χ3v) is 2.94. The second-order valence-corrected chi connectivity index (χ2v) is 4.38. The van der Waals surface area contributed by atoms with Gasteiger partial charge in [-0.1, -0.05) is 0 Å². The lowest BCUT2D eigenvalue weighted by Crippen LogP contribution is -2.14. The van der Waals surface area contributed by atoms with Crippen molar-refractivity contribution in [3.8, 4) is 0 Å². The quantitative estimate of drug-likeness (QED) is 0.885. The molecule has 20 heavy (non-hydrogen) atoms. The second-order valence-electron chi connectivity index (χ2n) is 4.38. The largest absolute Gasteiger partial charge is 0.366 e. The molecule has 1 aromatic carbocycles. The number of aryl methyl sites for hydroxylation is 2. The van der Waals surface area contributed by atoms with E-state index in [-0.39, 0.29) is 5.91 Å². The summed E-state index contributed by atoms with van der Waals surface area (Å²) in [5.74, 6) is -0.785. The zero-order valence-corrected chi connectivity index (χ0v) is 11.4. The van der Waals surface area contributed by atoms with Gasteiger partial charge in [0.15, 0.2) is 5.69 Å². The Kier molecular flexibility index (Phi) is 3.84. The SMILES string of the molecule is CCn1nc(C(=O)Nc2ccc(C(N)=O)cc2)cc1C. The maximum absolute atomic E-state index is 12.0. The van der Waals surface area contributed by atoms with Crippen molar-refractivity contribution in [2.75, 3.05) is 5.32 Å². The average Bonchev–Trinajstić information content (AvgIpc) is 2.80. The van der Waals surface area contributed by atoms with E-state index in [1.807, 2.05) is 13.8 Å². The molecule has 0 aliphatic carbocycles. The van der Waals surface area contributed by atoms with Crippen molar-refractivity contribution < 1.29 is 9.59 Å². The Hall–Kier alpha value is -2.63. The molecule has 2 aromatic rings. The Labute approximate surface area is 116 Å². The van der Waals surface area contributed by atoms with E-state index in [0.29, 0.717) is 23.5 Å². The van der Waals surface area contributed by atoms with Crippen LogP contribution in [0, 0.1) is 6.92 Å². The molecule has 0 saturated carbocycles. The summed E-state index contributed by atoms with van der Waals surface area (Å²) >= 11 is 0. The Bertz CT molecular complexity index is 644. The van der Waals surface area contributed by atoms with Crippen LogP contribution in [0.5, 0.6) is 0 Å². The van der Waals surface area contributed by atoms with Crippen molar-refractivity contribution in [3.05, 3.63) is 47.3 Å². The molecular formula is C14H16N4O2. The molecule has 2 rings (SSSR count). The number of amides is 2. The van der Waals surface area contributed by atoms with Gasteiger partial charge in [-0.05, 0) is 44.2 Å². The number of nitrogens with one attached hydrogen (secondary N) is 1. The molecule has 0 saturated heterocycles. The topological polar surface area (TPSA) is 90.0 Å². The van der Waals surface area contributed by atoms with E-state index >= 15 is 0 Å². The Morgan fingerprint density at radius 1 is 1.30 bits per heavy atom. The number of anilines is 1. The van der Waals surface area contributed by atoms with E-state index in [0.717, 1.165) is 5.69 Å². The molecular weight excluding hydrogens is 256 g/mol. The van der Waals surface area contributed by atoms with Gasteiger partial charge in [-0.3, -0.25) is 14.3 Å². The number of primary amides is 1. The van der Waals surface area contributed by atoms with E-state index in [1.54, 1.807) is 35.0 Å². The van der Waals surface area contributed by atoms with Crippen molar-refractivity contribution in [2.24, 2.45) is 5.73 Å². The molecule has 0 aliphatic heterocycles. The molecule has 0 unspecified atom stereocenters. The van der Waals surface area contributed by atoms with Gasteiger partial charge in [-0.2, -0.15) is 5.10 Å². The number of aromatic nitrogens is 2. The van der Waals surface area contributed by atoms with Crippen LogP contribution in [0.15, 0.2) is 30.3 Å². The van der Waals surface area contributed by atoms with Gasteiger partial charge in [0.1, 0.15) is 0 Å². The van der Waals surface area contributed by atoms with Crippen LogP contribution in [0.4, 0.5) is 5.69 Å². The minimum Gasteiger partial charge on any atom is -0.366 e. The molecule has 6 heteroatoms. The third-order valence-electron chi connectivity index (χ3n) is 2.94. The van der Waals surface area contributed by atoms with Crippen LogP contribution in [0.3, 0.4) is 0 Å². The molecule has 6 nitrogen and oxygen atoms in total. The van der Waals surface area contributed by atoms with Crippen LogP contribution in [-0.4, -0.2) is 21.6 Å². The highest BCUT2D eigenvalue weighted by atomic mass is 16.2. The zero-order chi connectivity index (χ0) is 14.7. The lowest BCUT2D eigenvalue weighted by molar-refractivity contribution is 0.0997. The van der Waals surface area contributed by atoms with E-state index in [1.165, 1.54) is 0 Å². The molecule has 104 valence electrons. The normalized spacial score (nSPS) is 10.3. The number of nitrogens with two attached hydrogens (primary N) is 1. The molecule has 0 fully saturated rings. The molecule has 1 aromatic heterocycles. The number of rotatable bonds is 4. The molecule has 0 atom stereocenters. The first-order valence-electron chi connectivity index (χ1n) is 6.27. The zero-order valence-electron chi connectivity index (χ0n) is 11.4. The number of carbonyl (C=O) groups is 2. The van der Waals surface area contributed by atoms with Gasteiger partial charge in [-0.25, -0.2) is 0 Å². The van der Waals surface area contributed by atoms with Gasteiger partial charge < -0.3 is 11.1 Å². The molecule has 3 N–H and O–H groups in total. The van der Waals surface area contributed by atoms with E-state index < -0.39 is 5.91 Å². The second kappa shape index (κ2) is 5.56. The van der Waals surface area contributed by atoms with E-state index in [4.69, 9.17) is 5.73 Å². The standard InChI is InChI=1S/C14H16N4O2/c1-3-18-9(2)8-12(17-18)14(20)16-11-6-4-10(5-7-11)13(15)19/h4-8H,3H2,1-2H3,(H2,15,19)(H,16,20). The highest BCUT2D eigenvalue weighted by Gasteiger charge is 2.12. The maximum Gasteiger partial charge on any atom is 0.276 e. The summed E-state index contributed by atoms with van der Waals surface area (Å²) in [5, 5.41) is 6.92. The smallest absolute Gasteiger partial charge is 0.276 e. The molecule has 0 aliphatic rings.